The van der Waals surface area contributed by atoms with Crippen LogP contribution in [0.5, 0.6) is 0 Å². The van der Waals surface area contributed by atoms with Gasteiger partial charge < -0.3 is 15.0 Å². The molecule has 0 aromatic heterocycles. The van der Waals surface area contributed by atoms with E-state index in [0.29, 0.717) is 13.2 Å². The maximum absolute atomic E-state index is 11.6. The van der Waals surface area contributed by atoms with Gasteiger partial charge in [0.15, 0.2) is 0 Å². The molecule has 106 valence electrons. The molecule has 4 heteroatoms. The van der Waals surface area contributed by atoms with Crippen LogP contribution in [0.3, 0.4) is 0 Å². The summed E-state index contributed by atoms with van der Waals surface area (Å²) in [5.74, 6) is -0.0378. The maximum atomic E-state index is 11.6. The number of amides is 1. The number of para-hydroxylation sites is 1. The first-order chi connectivity index (χ1) is 9.15. The molecule has 0 aliphatic carbocycles. The molecule has 1 amide bonds. The second-order valence-corrected chi connectivity index (χ2v) is 4.50. The van der Waals surface area contributed by atoms with Gasteiger partial charge in [0.1, 0.15) is 6.10 Å². The van der Waals surface area contributed by atoms with E-state index in [-0.39, 0.29) is 12.0 Å². The van der Waals surface area contributed by atoms with Crippen LogP contribution in [0.4, 0.5) is 5.69 Å². The first-order valence-electron chi connectivity index (χ1n) is 6.80. The van der Waals surface area contributed by atoms with E-state index in [0.717, 1.165) is 13.0 Å². The lowest BCUT2D eigenvalue weighted by Crippen LogP contribution is -2.36. The van der Waals surface area contributed by atoms with Crippen molar-refractivity contribution in [3.8, 4) is 0 Å². The van der Waals surface area contributed by atoms with E-state index in [1.165, 1.54) is 5.69 Å². The highest BCUT2D eigenvalue weighted by molar-refractivity contribution is 5.80. The fourth-order valence-electron chi connectivity index (χ4n) is 1.81. The molecule has 0 saturated carbocycles. The Hall–Kier alpha value is -1.55. The normalized spacial score (nSPS) is 11.9. The van der Waals surface area contributed by atoms with E-state index in [4.69, 9.17) is 4.74 Å². The number of carbonyl (C=O) groups is 1. The molecule has 1 aromatic rings. The monoisotopic (exact) mass is 264 g/mol. The molecular weight excluding hydrogens is 240 g/mol. The summed E-state index contributed by atoms with van der Waals surface area (Å²) in [7, 11) is 2.06. The van der Waals surface area contributed by atoms with Crippen LogP contribution in [0.2, 0.25) is 0 Å². The summed E-state index contributed by atoms with van der Waals surface area (Å²) in [5.41, 5.74) is 1.19. The Kier molecular flexibility index (Phi) is 6.97. The zero-order chi connectivity index (χ0) is 14.1. The third-order valence-electron chi connectivity index (χ3n) is 2.95. The van der Waals surface area contributed by atoms with Gasteiger partial charge in [0.2, 0.25) is 5.91 Å². The van der Waals surface area contributed by atoms with Crippen molar-refractivity contribution in [1.29, 1.82) is 0 Å². The summed E-state index contributed by atoms with van der Waals surface area (Å²) in [6.45, 7) is 5.81. The standard InChI is InChI=1S/C15H24N2O2/c1-4-19-13(2)15(18)16-11-8-12-17(3)14-9-6-5-7-10-14/h5-7,9-10,13H,4,8,11-12H2,1-3H3,(H,16,18). The second kappa shape index (κ2) is 8.53. The van der Waals surface area contributed by atoms with E-state index in [2.05, 4.69) is 29.4 Å². The van der Waals surface area contributed by atoms with Crippen LogP contribution in [0.25, 0.3) is 0 Å². The van der Waals surface area contributed by atoms with Crippen molar-refractivity contribution in [3.05, 3.63) is 30.3 Å². The molecule has 1 unspecified atom stereocenters. The quantitative estimate of drug-likeness (QED) is 0.731. The van der Waals surface area contributed by atoms with Crippen molar-refractivity contribution in [1.82, 2.24) is 5.32 Å². The highest BCUT2D eigenvalue weighted by Gasteiger charge is 2.11. The largest absolute Gasteiger partial charge is 0.375 e. The van der Waals surface area contributed by atoms with Crippen LogP contribution in [-0.4, -0.2) is 38.8 Å². The molecule has 4 nitrogen and oxygen atoms in total. The first kappa shape index (κ1) is 15.5. The van der Waals surface area contributed by atoms with Crippen molar-refractivity contribution < 1.29 is 9.53 Å². The zero-order valence-electron chi connectivity index (χ0n) is 12.1. The molecule has 1 N–H and O–H groups in total. The zero-order valence-corrected chi connectivity index (χ0v) is 12.1. The molecule has 0 radical (unpaired) electrons. The number of anilines is 1. The van der Waals surface area contributed by atoms with E-state index in [1.807, 2.05) is 25.1 Å². The van der Waals surface area contributed by atoms with E-state index < -0.39 is 0 Å². The Balaban J connectivity index is 2.19. The Morgan fingerprint density at radius 1 is 1.37 bits per heavy atom. The first-order valence-corrected chi connectivity index (χ1v) is 6.80. The van der Waals surface area contributed by atoms with Crippen LogP contribution in [0.1, 0.15) is 20.3 Å². The summed E-state index contributed by atoms with van der Waals surface area (Å²) < 4.78 is 5.23. The molecule has 19 heavy (non-hydrogen) atoms. The molecule has 1 aromatic carbocycles. The Morgan fingerprint density at radius 3 is 2.68 bits per heavy atom. The molecule has 0 heterocycles. The summed E-state index contributed by atoms with van der Waals surface area (Å²) >= 11 is 0. The van der Waals surface area contributed by atoms with Crippen LogP contribution >= 0.6 is 0 Å². The predicted molar refractivity (Wildman–Crippen MR) is 78.4 cm³/mol. The maximum Gasteiger partial charge on any atom is 0.248 e. The Morgan fingerprint density at radius 2 is 2.05 bits per heavy atom. The van der Waals surface area contributed by atoms with E-state index in [1.54, 1.807) is 6.92 Å². The van der Waals surface area contributed by atoms with Crippen LogP contribution < -0.4 is 10.2 Å². The van der Waals surface area contributed by atoms with Crippen LogP contribution in [0.15, 0.2) is 30.3 Å². The van der Waals surface area contributed by atoms with Gasteiger partial charge in [0.25, 0.3) is 0 Å². The topological polar surface area (TPSA) is 41.6 Å². The Labute approximate surface area is 115 Å². The number of hydrogen-bond donors (Lipinski definition) is 1. The van der Waals surface area contributed by atoms with Crippen molar-refractivity contribution in [2.75, 3.05) is 31.6 Å². The summed E-state index contributed by atoms with van der Waals surface area (Å²) in [6.07, 6.45) is 0.549. The number of nitrogens with zero attached hydrogens (tertiary/aromatic N) is 1. The van der Waals surface area contributed by atoms with Gasteiger partial charge in [-0.2, -0.15) is 0 Å². The third kappa shape index (κ3) is 5.75. The third-order valence-corrected chi connectivity index (χ3v) is 2.95. The summed E-state index contributed by atoms with van der Waals surface area (Å²) in [5, 5.41) is 2.88. The molecule has 0 saturated heterocycles. The molecule has 1 rings (SSSR count). The highest BCUT2D eigenvalue weighted by Crippen LogP contribution is 2.10. The van der Waals surface area contributed by atoms with E-state index in [9.17, 15) is 4.79 Å². The lowest BCUT2D eigenvalue weighted by Gasteiger charge is -2.19. The highest BCUT2D eigenvalue weighted by atomic mass is 16.5. The Bertz CT molecular complexity index is 368. The minimum absolute atomic E-state index is 0.0378. The van der Waals surface area contributed by atoms with Crippen molar-refractivity contribution in [2.24, 2.45) is 0 Å². The van der Waals surface area contributed by atoms with Gasteiger partial charge in [-0.25, -0.2) is 0 Å². The van der Waals surface area contributed by atoms with Gasteiger partial charge in [-0.3, -0.25) is 4.79 Å². The predicted octanol–water partition coefficient (Wildman–Crippen LogP) is 2.05. The van der Waals surface area contributed by atoms with E-state index >= 15 is 0 Å². The molecule has 0 aliphatic heterocycles. The lowest BCUT2D eigenvalue weighted by atomic mass is 10.3. The molecular formula is C15H24N2O2. The van der Waals surface area contributed by atoms with Gasteiger partial charge >= 0.3 is 0 Å². The summed E-state index contributed by atoms with van der Waals surface area (Å²) in [6, 6.07) is 10.2. The molecule has 0 aliphatic rings. The average molecular weight is 264 g/mol. The average Bonchev–Trinajstić information content (AvgIpc) is 2.44. The van der Waals surface area contributed by atoms with Crippen molar-refractivity contribution in [2.45, 2.75) is 26.4 Å². The molecule has 0 bridgehead atoms. The van der Waals surface area contributed by atoms with Crippen molar-refractivity contribution >= 4 is 11.6 Å². The molecule has 0 fully saturated rings. The van der Waals surface area contributed by atoms with Gasteiger partial charge in [-0.05, 0) is 32.4 Å². The number of benzene rings is 1. The fourth-order valence-corrected chi connectivity index (χ4v) is 1.81. The number of ether oxygens (including phenoxy) is 1. The molecule has 1 atom stereocenters. The fraction of sp³-hybridized carbons (Fsp3) is 0.533. The number of nitrogens with one attached hydrogen (secondary N) is 1. The lowest BCUT2D eigenvalue weighted by molar-refractivity contribution is -0.131. The second-order valence-electron chi connectivity index (χ2n) is 4.50. The SMILES string of the molecule is CCOC(C)C(=O)NCCCN(C)c1ccccc1. The number of hydrogen-bond acceptors (Lipinski definition) is 3. The van der Waals surface area contributed by atoms with Crippen LogP contribution in [-0.2, 0) is 9.53 Å². The minimum atomic E-state index is -0.364. The van der Waals surface area contributed by atoms with Gasteiger partial charge in [-0.1, -0.05) is 18.2 Å². The van der Waals surface area contributed by atoms with Crippen molar-refractivity contribution in [3.63, 3.8) is 0 Å². The van der Waals surface area contributed by atoms with Gasteiger partial charge in [0, 0.05) is 32.4 Å². The molecule has 0 spiro atoms. The number of carbonyl (C=O) groups excluding carboxylic acids is 1. The smallest absolute Gasteiger partial charge is 0.248 e. The summed E-state index contributed by atoms with van der Waals surface area (Å²) in [4.78, 5) is 13.8. The minimum Gasteiger partial charge on any atom is -0.375 e. The van der Waals surface area contributed by atoms with Gasteiger partial charge in [0.05, 0.1) is 0 Å². The number of rotatable bonds is 8. The van der Waals surface area contributed by atoms with Crippen LogP contribution in [0, 0.1) is 0 Å². The van der Waals surface area contributed by atoms with Gasteiger partial charge in [-0.15, -0.1) is 0 Å².